The van der Waals surface area contributed by atoms with E-state index in [4.69, 9.17) is 0 Å². The van der Waals surface area contributed by atoms with Gasteiger partial charge in [-0.3, -0.25) is 9.59 Å². The van der Waals surface area contributed by atoms with Gasteiger partial charge in [0.1, 0.15) is 12.1 Å². The van der Waals surface area contributed by atoms with Gasteiger partial charge in [0.15, 0.2) is 0 Å². The molecule has 0 aromatic heterocycles. The van der Waals surface area contributed by atoms with E-state index in [0.717, 1.165) is 16.7 Å². The molecule has 0 aliphatic rings. The molecule has 0 aliphatic heterocycles. The molecule has 0 unspecified atom stereocenters. The topological polar surface area (TPSA) is 98.7 Å². The zero-order valence-electron chi connectivity index (χ0n) is 19.8. The van der Waals surface area contributed by atoms with E-state index in [2.05, 4.69) is 10.6 Å². The van der Waals surface area contributed by atoms with Crippen molar-refractivity contribution in [2.75, 3.05) is 12.0 Å². The molecule has 4 atom stereocenters. The number of rotatable bonds is 12. The fraction of sp³-hybridized carbons (Fsp3) is 0.462. The molecular weight excluding hydrogens is 436 g/mol. The number of thioether (sulfide) groups is 1. The second-order valence-corrected chi connectivity index (χ2v) is 9.69. The largest absolute Gasteiger partial charge is 0.390 e. The van der Waals surface area contributed by atoms with Crippen LogP contribution in [-0.4, -0.2) is 58.3 Å². The van der Waals surface area contributed by atoms with Crippen LogP contribution in [0.4, 0.5) is 0 Å². The zero-order valence-corrected chi connectivity index (χ0v) is 20.6. The Hall–Kier alpha value is -2.35. The third kappa shape index (κ3) is 8.84. The Bertz CT molecular complexity index is 874. The standard InChI is InChI=1S/C26H36N2O4S/c1-17(2)14-24(30)25(31)22(28-26(32)23(16-33-4)27-18(3)29)15-19-10-12-21(13-11-19)20-8-6-5-7-9-20/h5-13,17,22-25,30-31H,14-16H2,1-4H3,(H,27,29)(H,28,32)/t22-,23-,24-,25+/m0/s1. The van der Waals surface area contributed by atoms with Gasteiger partial charge in [0.25, 0.3) is 0 Å². The van der Waals surface area contributed by atoms with Crippen LogP contribution in [0.1, 0.15) is 32.8 Å². The molecule has 0 bridgehead atoms. The van der Waals surface area contributed by atoms with E-state index in [-0.39, 0.29) is 17.7 Å². The van der Waals surface area contributed by atoms with Crippen LogP contribution in [0.15, 0.2) is 54.6 Å². The average molecular weight is 473 g/mol. The Morgan fingerprint density at radius 2 is 1.55 bits per heavy atom. The normalized spacial score (nSPS) is 14.9. The summed E-state index contributed by atoms with van der Waals surface area (Å²) < 4.78 is 0. The average Bonchev–Trinajstić information content (AvgIpc) is 2.78. The molecule has 33 heavy (non-hydrogen) atoms. The van der Waals surface area contributed by atoms with Gasteiger partial charge in [-0.05, 0) is 41.7 Å². The molecule has 6 nitrogen and oxygen atoms in total. The number of hydrogen-bond acceptors (Lipinski definition) is 5. The minimum atomic E-state index is -1.14. The van der Waals surface area contributed by atoms with Gasteiger partial charge in [0, 0.05) is 12.7 Å². The minimum Gasteiger partial charge on any atom is -0.390 e. The third-order valence-electron chi connectivity index (χ3n) is 5.39. The van der Waals surface area contributed by atoms with Crippen molar-refractivity contribution in [1.29, 1.82) is 0 Å². The maximum absolute atomic E-state index is 12.9. The van der Waals surface area contributed by atoms with Crippen molar-refractivity contribution in [2.24, 2.45) is 5.92 Å². The number of nitrogens with one attached hydrogen (secondary N) is 2. The first-order valence-corrected chi connectivity index (χ1v) is 12.7. The van der Waals surface area contributed by atoms with Crippen LogP contribution in [0.5, 0.6) is 0 Å². The fourth-order valence-corrected chi connectivity index (χ4v) is 4.31. The molecule has 0 saturated carbocycles. The first-order chi connectivity index (χ1) is 15.7. The van der Waals surface area contributed by atoms with Crippen molar-refractivity contribution in [2.45, 2.75) is 57.9 Å². The van der Waals surface area contributed by atoms with Crippen LogP contribution in [0.25, 0.3) is 11.1 Å². The summed E-state index contributed by atoms with van der Waals surface area (Å²) >= 11 is 1.45. The van der Waals surface area contributed by atoms with Gasteiger partial charge in [0.05, 0.1) is 12.1 Å². The quantitative estimate of drug-likeness (QED) is 0.381. The molecule has 0 heterocycles. The molecule has 2 rings (SSSR count). The van der Waals surface area contributed by atoms with Gasteiger partial charge < -0.3 is 20.8 Å². The van der Waals surface area contributed by atoms with Crippen LogP contribution in [-0.2, 0) is 16.0 Å². The van der Waals surface area contributed by atoms with Gasteiger partial charge in [-0.1, -0.05) is 68.4 Å². The van der Waals surface area contributed by atoms with Crippen molar-refractivity contribution in [3.8, 4) is 11.1 Å². The van der Waals surface area contributed by atoms with Gasteiger partial charge in [-0.15, -0.1) is 0 Å². The first kappa shape index (κ1) is 26.9. The molecular formula is C26H36N2O4S. The Kier molecular flexibility index (Phi) is 10.9. The number of hydrogen-bond donors (Lipinski definition) is 4. The molecule has 2 aromatic carbocycles. The Morgan fingerprint density at radius 3 is 2.09 bits per heavy atom. The maximum Gasteiger partial charge on any atom is 0.243 e. The number of aliphatic hydroxyl groups is 2. The van der Waals surface area contributed by atoms with Crippen LogP contribution < -0.4 is 10.6 Å². The van der Waals surface area contributed by atoms with Gasteiger partial charge >= 0.3 is 0 Å². The summed E-state index contributed by atoms with van der Waals surface area (Å²) in [4.78, 5) is 24.5. The van der Waals surface area contributed by atoms with Crippen molar-refractivity contribution in [3.05, 3.63) is 60.2 Å². The minimum absolute atomic E-state index is 0.194. The molecule has 0 fully saturated rings. The number of benzene rings is 2. The number of carbonyl (C=O) groups is 2. The van der Waals surface area contributed by atoms with Crippen LogP contribution in [0.2, 0.25) is 0 Å². The lowest BCUT2D eigenvalue weighted by Crippen LogP contribution is -2.56. The summed E-state index contributed by atoms with van der Waals surface area (Å²) in [5.41, 5.74) is 3.11. The summed E-state index contributed by atoms with van der Waals surface area (Å²) in [5.74, 6) is -0.0622. The van der Waals surface area contributed by atoms with Crippen molar-refractivity contribution in [3.63, 3.8) is 0 Å². The summed E-state index contributed by atoms with van der Waals surface area (Å²) in [7, 11) is 0. The SMILES string of the molecule is CSC[C@H](NC(C)=O)C(=O)N[C@@H](Cc1ccc(-c2ccccc2)cc1)[C@@H](O)[C@@H](O)CC(C)C. The Labute approximate surface area is 201 Å². The molecule has 0 spiro atoms. The van der Waals surface area contributed by atoms with Crippen molar-refractivity contribution < 1.29 is 19.8 Å². The molecule has 2 amide bonds. The predicted octanol–water partition coefficient (Wildman–Crippen LogP) is 3.02. The predicted molar refractivity (Wildman–Crippen MR) is 135 cm³/mol. The van der Waals surface area contributed by atoms with Crippen LogP contribution >= 0.6 is 11.8 Å². The number of aliphatic hydroxyl groups excluding tert-OH is 2. The third-order valence-corrected chi connectivity index (χ3v) is 6.06. The van der Waals surface area contributed by atoms with E-state index >= 15 is 0 Å². The summed E-state index contributed by atoms with van der Waals surface area (Å²) in [5, 5.41) is 27.0. The highest BCUT2D eigenvalue weighted by Gasteiger charge is 2.30. The van der Waals surface area contributed by atoms with Gasteiger partial charge in [-0.25, -0.2) is 0 Å². The molecule has 0 aliphatic carbocycles. The summed E-state index contributed by atoms with van der Waals surface area (Å²) in [6.07, 6.45) is 0.509. The highest BCUT2D eigenvalue weighted by molar-refractivity contribution is 7.98. The molecule has 180 valence electrons. The van der Waals surface area contributed by atoms with Crippen LogP contribution in [0.3, 0.4) is 0 Å². The van der Waals surface area contributed by atoms with E-state index in [0.29, 0.717) is 18.6 Å². The molecule has 4 N–H and O–H groups in total. The van der Waals surface area contributed by atoms with E-state index in [1.165, 1.54) is 18.7 Å². The molecule has 7 heteroatoms. The fourth-order valence-electron chi connectivity index (χ4n) is 3.74. The van der Waals surface area contributed by atoms with Crippen molar-refractivity contribution >= 4 is 23.6 Å². The van der Waals surface area contributed by atoms with Gasteiger partial charge in [-0.2, -0.15) is 11.8 Å². The summed E-state index contributed by atoms with van der Waals surface area (Å²) in [6.45, 7) is 5.31. The second-order valence-electron chi connectivity index (χ2n) is 8.78. The first-order valence-electron chi connectivity index (χ1n) is 11.3. The van der Waals surface area contributed by atoms with E-state index < -0.39 is 24.3 Å². The molecule has 2 aromatic rings. The second kappa shape index (κ2) is 13.4. The lowest BCUT2D eigenvalue weighted by molar-refractivity contribution is -0.129. The monoisotopic (exact) mass is 472 g/mol. The number of amides is 2. The molecule has 0 radical (unpaired) electrons. The highest BCUT2D eigenvalue weighted by Crippen LogP contribution is 2.21. The summed E-state index contributed by atoms with van der Waals surface area (Å²) in [6, 6.07) is 16.6. The molecule has 0 saturated heterocycles. The van der Waals surface area contributed by atoms with E-state index in [1.807, 2.05) is 74.7 Å². The van der Waals surface area contributed by atoms with Crippen molar-refractivity contribution in [1.82, 2.24) is 10.6 Å². The lowest BCUT2D eigenvalue weighted by Gasteiger charge is -2.30. The zero-order chi connectivity index (χ0) is 24.4. The van der Waals surface area contributed by atoms with E-state index in [9.17, 15) is 19.8 Å². The maximum atomic E-state index is 12.9. The Morgan fingerprint density at radius 1 is 0.939 bits per heavy atom. The van der Waals surface area contributed by atoms with E-state index in [1.54, 1.807) is 0 Å². The Balaban J connectivity index is 2.21. The smallest absolute Gasteiger partial charge is 0.243 e. The van der Waals surface area contributed by atoms with Crippen LogP contribution in [0, 0.1) is 5.92 Å². The lowest BCUT2D eigenvalue weighted by atomic mass is 9.92. The highest BCUT2D eigenvalue weighted by atomic mass is 32.2. The number of carbonyl (C=O) groups excluding carboxylic acids is 2. The van der Waals surface area contributed by atoms with Gasteiger partial charge in [0.2, 0.25) is 11.8 Å².